The van der Waals surface area contributed by atoms with E-state index in [9.17, 15) is 4.39 Å². The third-order valence-electron chi connectivity index (χ3n) is 2.66. The van der Waals surface area contributed by atoms with Gasteiger partial charge in [-0.3, -0.25) is 0 Å². The Morgan fingerprint density at radius 1 is 1.40 bits per heavy atom. The fraction of sp³-hybridized carbons (Fsp3) is 0.455. The molecule has 0 spiro atoms. The zero-order valence-corrected chi connectivity index (χ0v) is 9.65. The second-order valence-corrected chi connectivity index (χ2v) is 4.92. The molecule has 2 rings (SSSR count). The standard InChI is InChI=1S/C11H12Cl2FN/c12-8-4-9(5-8)15-6-7-1-2-10(13)11(14)3-7/h1-3,8-9,15H,4-6H2. The van der Waals surface area contributed by atoms with Gasteiger partial charge in [-0.15, -0.1) is 11.6 Å². The normalized spacial score (nSPS) is 25.0. The second kappa shape index (κ2) is 4.69. The van der Waals surface area contributed by atoms with Crippen molar-refractivity contribution in [3.8, 4) is 0 Å². The Balaban J connectivity index is 1.86. The van der Waals surface area contributed by atoms with Crippen LogP contribution in [0.5, 0.6) is 0 Å². The molecule has 0 heterocycles. The molecule has 1 aliphatic rings. The van der Waals surface area contributed by atoms with E-state index in [0.717, 1.165) is 18.4 Å². The Bertz CT molecular complexity index is 350. The predicted octanol–water partition coefficient (Wildman–Crippen LogP) is 3.34. The first kappa shape index (κ1) is 11.2. The first-order valence-electron chi connectivity index (χ1n) is 4.96. The minimum atomic E-state index is -0.361. The summed E-state index contributed by atoms with van der Waals surface area (Å²) in [6.45, 7) is 0.669. The van der Waals surface area contributed by atoms with Gasteiger partial charge < -0.3 is 5.32 Å². The van der Waals surface area contributed by atoms with Crippen LogP contribution in [0.15, 0.2) is 18.2 Å². The summed E-state index contributed by atoms with van der Waals surface area (Å²) in [6, 6.07) is 5.35. The average molecular weight is 248 g/mol. The largest absolute Gasteiger partial charge is 0.310 e. The van der Waals surface area contributed by atoms with Crippen LogP contribution in [-0.4, -0.2) is 11.4 Å². The summed E-state index contributed by atoms with van der Waals surface area (Å²) in [7, 11) is 0. The van der Waals surface area contributed by atoms with Gasteiger partial charge in [0.25, 0.3) is 0 Å². The number of rotatable bonds is 3. The Morgan fingerprint density at radius 3 is 2.73 bits per heavy atom. The number of hydrogen-bond donors (Lipinski definition) is 1. The highest BCUT2D eigenvalue weighted by Crippen LogP contribution is 2.25. The Morgan fingerprint density at radius 2 is 2.13 bits per heavy atom. The van der Waals surface area contributed by atoms with Crippen molar-refractivity contribution in [2.75, 3.05) is 0 Å². The van der Waals surface area contributed by atoms with Crippen LogP contribution in [0.2, 0.25) is 5.02 Å². The SMILES string of the molecule is Fc1cc(CNC2CC(Cl)C2)ccc1Cl. The van der Waals surface area contributed by atoms with Gasteiger partial charge in [-0.1, -0.05) is 17.7 Å². The monoisotopic (exact) mass is 247 g/mol. The molecule has 0 radical (unpaired) electrons. The van der Waals surface area contributed by atoms with Crippen LogP contribution in [-0.2, 0) is 6.54 Å². The van der Waals surface area contributed by atoms with Crippen LogP contribution in [0.1, 0.15) is 18.4 Å². The highest BCUT2D eigenvalue weighted by Gasteiger charge is 2.26. The van der Waals surface area contributed by atoms with Crippen LogP contribution in [0.3, 0.4) is 0 Å². The highest BCUT2D eigenvalue weighted by molar-refractivity contribution is 6.30. The van der Waals surface area contributed by atoms with Crippen molar-refractivity contribution in [1.29, 1.82) is 0 Å². The number of halogens is 3. The van der Waals surface area contributed by atoms with Gasteiger partial charge in [0.15, 0.2) is 0 Å². The molecule has 0 bridgehead atoms. The summed E-state index contributed by atoms with van der Waals surface area (Å²) in [5.74, 6) is -0.361. The molecular formula is C11H12Cl2FN. The molecule has 1 saturated carbocycles. The van der Waals surface area contributed by atoms with E-state index < -0.39 is 0 Å². The number of benzene rings is 1. The van der Waals surface area contributed by atoms with Gasteiger partial charge in [0.05, 0.1) is 5.02 Å². The summed E-state index contributed by atoms with van der Waals surface area (Å²) in [5, 5.41) is 3.80. The molecule has 0 amide bonds. The van der Waals surface area contributed by atoms with Crippen LogP contribution in [0.25, 0.3) is 0 Å². The Hall–Kier alpha value is -0.310. The van der Waals surface area contributed by atoms with Gasteiger partial charge in [0.1, 0.15) is 5.82 Å². The van der Waals surface area contributed by atoms with Gasteiger partial charge in [-0.25, -0.2) is 4.39 Å². The number of nitrogens with one attached hydrogen (secondary N) is 1. The first-order valence-corrected chi connectivity index (χ1v) is 5.78. The molecule has 0 aliphatic heterocycles. The maximum Gasteiger partial charge on any atom is 0.142 e. The molecule has 0 unspecified atom stereocenters. The minimum absolute atomic E-state index is 0.170. The van der Waals surface area contributed by atoms with E-state index in [1.54, 1.807) is 6.07 Å². The molecule has 1 nitrogen and oxygen atoms in total. The quantitative estimate of drug-likeness (QED) is 0.809. The summed E-state index contributed by atoms with van der Waals surface area (Å²) < 4.78 is 13.1. The average Bonchev–Trinajstić information content (AvgIpc) is 2.16. The lowest BCUT2D eigenvalue weighted by atomic mass is 9.92. The second-order valence-electron chi connectivity index (χ2n) is 3.89. The Labute approximate surface area is 98.6 Å². The maximum atomic E-state index is 13.1. The smallest absolute Gasteiger partial charge is 0.142 e. The van der Waals surface area contributed by atoms with Crippen molar-refractivity contribution in [3.05, 3.63) is 34.6 Å². The fourth-order valence-corrected chi connectivity index (χ4v) is 2.17. The molecule has 1 aromatic carbocycles. The van der Waals surface area contributed by atoms with Crippen molar-refractivity contribution in [1.82, 2.24) is 5.32 Å². The van der Waals surface area contributed by atoms with E-state index in [1.807, 2.05) is 6.07 Å². The summed E-state index contributed by atoms with van der Waals surface area (Å²) >= 11 is 11.4. The van der Waals surface area contributed by atoms with Gasteiger partial charge in [-0.05, 0) is 30.5 Å². The van der Waals surface area contributed by atoms with E-state index in [4.69, 9.17) is 23.2 Å². The summed E-state index contributed by atoms with van der Waals surface area (Å²) in [6.07, 6.45) is 2.00. The van der Waals surface area contributed by atoms with Crippen molar-refractivity contribution in [2.24, 2.45) is 0 Å². The van der Waals surface area contributed by atoms with Crippen molar-refractivity contribution in [2.45, 2.75) is 30.8 Å². The molecule has 15 heavy (non-hydrogen) atoms. The third-order valence-corrected chi connectivity index (χ3v) is 3.32. The van der Waals surface area contributed by atoms with Crippen LogP contribution in [0, 0.1) is 5.82 Å². The zero-order valence-electron chi connectivity index (χ0n) is 8.14. The molecule has 1 fully saturated rings. The van der Waals surface area contributed by atoms with E-state index in [-0.39, 0.29) is 10.8 Å². The molecule has 1 aromatic rings. The van der Waals surface area contributed by atoms with Gasteiger partial charge in [-0.2, -0.15) is 0 Å². The lowest BCUT2D eigenvalue weighted by Crippen LogP contribution is -2.41. The lowest BCUT2D eigenvalue weighted by Gasteiger charge is -2.31. The molecule has 4 heteroatoms. The van der Waals surface area contributed by atoms with Crippen LogP contribution >= 0.6 is 23.2 Å². The molecule has 82 valence electrons. The third kappa shape index (κ3) is 2.83. The molecule has 0 aromatic heterocycles. The van der Waals surface area contributed by atoms with Crippen LogP contribution < -0.4 is 5.32 Å². The molecule has 1 aliphatic carbocycles. The van der Waals surface area contributed by atoms with E-state index in [2.05, 4.69) is 5.32 Å². The first-order chi connectivity index (χ1) is 7.15. The van der Waals surface area contributed by atoms with Gasteiger partial charge >= 0.3 is 0 Å². The topological polar surface area (TPSA) is 12.0 Å². The maximum absolute atomic E-state index is 13.1. The lowest BCUT2D eigenvalue weighted by molar-refractivity contribution is 0.345. The number of alkyl halides is 1. The van der Waals surface area contributed by atoms with Crippen molar-refractivity contribution < 1.29 is 4.39 Å². The van der Waals surface area contributed by atoms with Gasteiger partial charge in [0.2, 0.25) is 0 Å². The van der Waals surface area contributed by atoms with Crippen molar-refractivity contribution >= 4 is 23.2 Å². The molecule has 0 atom stereocenters. The van der Waals surface area contributed by atoms with E-state index in [0.29, 0.717) is 18.0 Å². The molecule has 1 N–H and O–H groups in total. The predicted molar refractivity (Wildman–Crippen MR) is 60.9 cm³/mol. The van der Waals surface area contributed by atoms with Gasteiger partial charge in [0, 0.05) is 18.0 Å². The molecular weight excluding hydrogens is 236 g/mol. The van der Waals surface area contributed by atoms with E-state index in [1.165, 1.54) is 6.07 Å². The molecule has 0 saturated heterocycles. The summed E-state index contributed by atoms with van der Waals surface area (Å²) in [4.78, 5) is 0. The van der Waals surface area contributed by atoms with E-state index >= 15 is 0 Å². The minimum Gasteiger partial charge on any atom is -0.310 e. The number of hydrogen-bond acceptors (Lipinski definition) is 1. The Kier molecular flexibility index (Phi) is 3.49. The van der Waals surface area contributed by atoms with Crippen molar-refractivity contribution in [3.63, 3.8) is 0 Å². The fourth-order valence-electron chi connectivity index (χ4n) is 1.63. The van der Waals surface area contributed by atoms with Crippen LogP contribution in [0.4, 0.5) is 4.39 Å². The zero-order chi connectivity index (χ0) is 10.8. The summed E-state index contributed by atoms with van der Waals surface area (Å²) in [5.41, 5.74) is 0.912. The highest BCUT2D eigenvalue weighted by atomic mass is 35.5.